The average molecular weight is 198 g/mol. The summed E-state index contributed by atoms with van der Waals surface area (Å²) in [7, 11) is 0. The fraction of sp³-hybridized carbons (Fsp3) is 1.00. The van der Waals surface area contributed by atoms with E-state index >= 15 is 0 Å². The van der Waals surface area contributed by atoms with Crippen molar-refractivity contribution >= 4 is 0 Å². The standard InChI is InChI=1S/C13H26O/c1-6-11(3)13(14)8-10(2)7-12(4,5)9-13/h10-11,14H,6-9H2,1-5H3. The molecule has 0 spiro atoms. The minimum absolute atomic E-state index is 0.315. The van der Waals surface area contributed by atoms with Crippen LogP contribution in [0.1, 0.15) is 60.3 Å². The minimum Gasteiger partial charge on any atom is -0.390 e. The van der Waals surface area contributed by atoms with E-state index < -0.39 is 5.60 Å². The third-order valence-corrected chi connectivity index (χ3v) is 3.92. The van der Waals surface area contributed by atoms with Crippen molar-refractivity contribution in [3.8, 4) is 0 Å². The molecule has 3 atom stereocenters. The highest BCUT2D eigenvalue weighted by atomic mass is 16.3. The normalized spacial score (nSPS) is 39.4. The van der Waals surface area contributed by atoms with Crippen LogP contribution < -0.4 is 0 Å². The molecule has 0 aliphatic heterocycles. The molecule has 14 heavy (non-hydrogen) atoms. The number of hydrogen-bond donors (Lipinski definition) is 1. The maximum absolute atomic E-state index is 10.6. The molecule has 84 valence electrons. The Labute approximate surface area is 88.9 Å². The Hall–Kier alpha value is -0.0400. The third-order valence-electron chi connectivity index (χ3n) is 3.92. The summed E-state index contributed by atoms with van der Waals surface area (Å²) < 4.78 is 0. The second-order valence-electron chi connectivity index (χ2n) is 6.27. The van der Waals surface area contributed by atoms with Gasteiger partial charge in [0.2, 0.25) is 0 Å². The molecule has 0 heterocycles. The first-order chi connectivity index (χ1) is 6.29. The van der Waals surface area contributed by atoms with Gasteiger partial charge in [-0.1, -0.05) is 41.0 Å². The van der Waals surface area contributed by atoms with Gasteiger partial charge in [0, 0.05) is 0 Å². The van der Waals surface area contributed by atoms with E-state index in [4.69, 9.17) is 0 Å². The highest BCUT2D eigenvalue weighted by Gasteiger charge is 2.43. The molecule has 1 saturated carbocycles. The zero-order chi connectivity index (χ0) is 11.0. The van der Waals surface area contributed by atoms with E-state index in [0.717, 1.165) is 19.3 Å². The first-order valence-corrected chi connectivity index (χ1v) is 6.01. The lowest BCUT2D eigenvalue weighted by Crippen LogP contribution is -2.46. The number of rotatable bonds is 2. The van der Waals surface area contributed by atoms with Gasteiger partial charge in [-0.3, -0.25) is 0 Å². The molecule has 0 bridgehead atoms. The molecule has 1 rings (SSSR count). The second-order valence-corrected chi connectivity index (χ2v) is 6.27. The summed E-state index contributed by atoms with van der Waals surface area (Å²) in [6, 6.07) is 0. The SMILES string of the molecule is CCC(C)C1(O)CC(C)CC(C)(C)C1. The van der Waals surface area contributed by atoms with E-state index in [1.54, 1.807) is 0 Å². The monoisotopic (exact) mass is 198 g/mol. The maximum atomic E-state index is 10.6. The first-order valence-electron chi connectivity index (χ1n) is 6.01. The van der Waals surface area contributed by atoms with Crippen LogP contribution in [0.15, 0.2) is 0 Å². The summed E-state index contributed by atoms with van der Waals surface area (Å²) in [6.07, 6.45) is 4.30. The van der Waals surface area contributed by atoms with Gasteiger partial charge in [-0.15, -0.1) is 0 Å². The Kier molecular flexibility index (Phi) is 3.30. The van der Waals surface area contributed by atoms with Crippen LogP contribution in [-0.4, -0.2) is 10.7 Å². The molecule has 0 aromatic carbocycles. The van der Waals surface area contributed by atoms with Gasteiger partial charge in [-0.25, -0.2) is 0 Å². The van der Waals surface area contributed by atoms with Crippen LogP contribution in [0.5, 0.6) is 0 Å². The van der Waals surface area contributed by atoms with Gasteiger partial charge in [0.05, 0.1) is 5.60 Å². The second kappa shape index (κ2) is 3.84. The first kappa shape index (κ1) is 12.0. The Bertz CT molecular complexity index is 197. The molecular formula is C13H26O. The van der Waals surface area contributed by atoms with Crippen LogP contribution in [0.4, 0.5) is 0 Å². The van der Waals surface area contributed by atoms with Crippen LogP contribution in [0.2, 0.25) is 0 Å². The van der Waals surface area contributed by atoms with Gasteiger partial charge in [-0.2, -0.15) is 0 Å². The lowest BCUT2D eigenvalue weighted by molar-refractivity contribution is -0.0951. The van der Waals surface area contributed by atoms with Crippen molar-refractivity contribution in [2.45, 2.75) is 65.9 Å². The molecule has 3 unspecified atom stereocenters. The van der Waals surface area contributed by atoms with Gasteiger partial charge in [-0.05, 0) is 36.5 Å². The lowest BCUT2D eigenvalue weighted by Gasteiger charge is -2.47. The van der Waals surface area contributed by atoms with Gasteiger partial charge >= 0.3 is 0 Å². The molecule has 0 aromatic heterocycles. The highest BCUT2D eigenvalue weighted by Crippen LogP contribution is 2.47. The molecule has 0 radical (unpaired) electrons. The van der Waals surface area contributed by atoms with E-state index in [0.29, 0.717) is 17.3 Å². The van der Waals surface area contributed by atoms with Gasteiger partial charge in [0.15, 0.2) is 0 Å². The summed E-state index contributed by atoms with van der Waals surface area (Å²) in [5, 5.41) is 10.6. The van der Waals surface area contributed by atoms with Crippen molar-refractivity contribution < 1.29 is 5.11 Å². The molecule has 1 heteroatoms. The van der Waals surface area contributed by atoms with Crippen LogP contribution in [0.25, 0.3) is 0 Å². The van der Waals surface area contributed by atoms with Crippen LogP contribution in [0.3, 0.4) is 0 Å². The maximum Gasteiger partial charge on any atom is 0.0680 e. The van der Waals surface area contributed by atoms with Crippen LogP contribution >= 0.6 is 0 Å². The van der Waals surface area contributed by atoms with E-state index in [9.17, 15) is 5.11 Å². The molecule has 0 aromatic rings. The smallest absolute Gasteiger partial charge is 0.0680 e. The summed E-state index contributed by atoms with van der Waals surface area (Å²) >= 11 is 0. The lowest BCUT2D eigenvalue weighted by atomic mass is 9.62. The zero-order valence-electron chi connectivity index (χ0n) is 10.4. The van der Waals surface area contributed by atoms with Gasteiger partial charge in [0.1, 0.15) is 0 Å². The Morgan fingerprint density at radius 3 is 2.36 bits per heavy atom. The fourth-order valence-electron chi connectivity index (χ4n) is 3.35. The Morgan fingerprint density at radius 1 is 1.36 bits per heavy atom. The zero-order valence-corrected chi connectivity index (χ0v) is 10.4. The fourth-order valence-corrected chi connectivity index (χ4v) is 3.35. The summed E-state index contributed by atoms with van der Waals surface area (Å²) in [5.74, 6) is 1.10. The molecule has 1 nitrogen and oxygen atoms in total. The van der Waals surface area contributed by atoms with Crippen molar-refractivity contribution in [3.05, 3.63) is 0 Å². The van der Waals surface area contributed by atoms with E-state index in [2.05, 4.69) is 34.6 Å². The quantitative estimate of drug-likeness (QED) is 0.718. The minimum atomic E-state index is -0.407. The van der Waals surface area contributed by atoms with Crippen molar-refractivity contribution in [1.29, 1.82) is 0 Å². The number of aliphatic hydroxyl groups is 1. The van der Waals surface area contributed by atoms with E-state index in [1.165, 1.54) is 6.42 Å². The predicted molar refractivity (Wildman–Crippen MR) is 61.2 cm³/mol. The molecule has 1 aliphatic carbocycles. The predicted octanol–water partition coefficient (Wildman–Crippen LogP) is 3.61. The van der Waals surface area contributed by atoms with Crippen LogP contribution in [-0.2, 0) is 0 Å². The van der Waals surface area contributed by atoms with E-state index in [1.807, 2.05) is 0 Å². The van der Waals surface area contributed by atoms with Crippen LogP contribution in [0, 0.1) is 17.3 Å². The summed E-state index contributed by atoms with van der Waals surface area (Å²) in [5.41, 5.74) is -0.0915. The van der Waals surface area contributed by atoms with Crippen molar-refractivity contribution in [2.75, 3.05) is 0 Å². The van der Waals surface area contributed by atoms with Crippen molar-refractivity contribution in [3.63, 3.8) is 0 Å². The van der Waals surface area contributed by atoms with Crippen molar-refractivity contribution in [1.82, 2.24) is 0 Å². The Morgan fingerprint density at radius 2 is 1.93 bits per heavy atom. The molecule has 1 N–H and O–H groups in total. The van der Waals surface area contributed by atoms with Gasteiger partial charge in [0.25, 0.3) is 0 Å². The van der Waals surface area contributed by atoms with Crippen molar-refractivity contribution in [2.24, 2.45) is 17.3 Å². The average Bonchev–Trinajstić information content (AvgIpc) is 1.98. The molecule has 1 fully saturated rings. The molecular weight excluding hydrogens is 172 g/mol. The number of hydrogen-bond acceptors (Lipinski definition) is 1. The third kappa shape index (κ3) is 2.50. The summed E-state index contributed by atoms with van der Waals surface area (Å²) in [6.45, 7) is 11.2. The molecule has 1 aliphatic rings. The largest absolute Gasteiger partial charge is 0.390 e. The van der Waals surface area contributed by atoms with E-state index in [-0.39, 0.29) is 0 Å². The Balaban J connectivity index is 2.78. The highest BCUT2D eigenvalue weighted by molar-refractivity contribution is 4.95. The topological polar surface area (TPSA) is 20.2 Å². The molecule has 0 amide bonds. The van der Waals surface area contributed by atoms with Gasteiger partial charge < -0.3 is 5.11 Å². The summed E-state index contributed by atoms with van der Waals surface area (Å²) in [4.78, 5) is 0. The molecule has 0 saturated heterocycles.